The van der Waals surface area contributed by atoms with Crippen molar-refractivity contribution in [1.82, 2.24) is 4.98 Å². The van der Waals surface area contributed by atoms with Crippen LogP contribution >= 0.6 is 0 Å². The number of fused-ring (bicyclic) bond motifs is 4. The third-order valence-corrected chi connectivity index (χ3v) is 8.58. The van der Waals surface area contributed by atoms with Gasteiger partial charge in [0.1, 0.15) is 38.5 Å². The zero-order valence-electron chi connectivity index (χ0n) is 23.1. The van der Waals surface area contributed by atoms with Crippen LogP contribution in [0.25, 0.3) is 55.1 Å². The smallest absolute Gasteiger partial charge is 0.146 e. The van der Waals surface area contributed by atoms with Crippen molar-refractivity contribution >= 4 is 48.4 Å². The Morgan fingerprint density at radius 2 is 1.51 bits per heavy atom. The molecule has 6 rings (SSSR count). The molecule has 0 aliphatic rings. The molecule has 192 valence electrons. The van der Waals surface area contributed by atoms with Crippen molar-refractivity contribution in [3.05, 3.63) is 102 Å². The van der Waals surface area contributed by atoms with Gasteiger partial charge in [-0.1, -0.05) is 74.0 Å². The van der Waals surface area contributed by atoms with Gasteiger partial charge in [0.2, 0.25) is 0 Å². The molecule has 0 spiro atoms. The number of hydrogen-bond acceptors (Lipinski definition) is 2. The van der Waals surface area contributed by atoms with E-state index in [4.69, 9.17) is 4.42 Å². The summed E-state index contributed by atoms with van der Waals surface area (Å²) in [7, 11) is 4.08. The molecule has 0 N–H and O–H groups in total. The first-order valence-corrected chi connectivity index (χ1v) is 13.3. The summed E-state index contributed by atoms with van der Waals surface area (Å²) in [4.78, 5) is 4.68. The summed E-state index contributed by atoms with van der Waals surface area (Å²) in [6.45, 7) is 8.34. The number of aromatic nitrogens is 1. The van der Waals surface area contributed by atoms with Gasteiger partial charge in [-0.2, -0.15) is 0 Å². The van der Waals surface area contributed by atoms with Crippen LogP contribution in [-0.2, 0) is 5.21 Å². The summed E-state index contributed by atoms with van der Waals surface area (Å²) < 4.78 is 37.4. The van der Waals surface area contributed by atoms with E-state index in [1.54, 1.807) is 12.3 Å². The zero-order chi connectivity index (χ0) is 27.7. The number of rotatable bonds is 3. The van der Waals surface area contributed by atoms with Crippen molar-refractivity contribution < 1.29 is 13.2 Å². The highest BCUT2D eigenvalue weighted by atomic mass is 19.1. The van der Waals surface area contributed by atoms with Crippen molar-refractivity contribution in [1.29, 1.82) is 0 Å². The standard InChI is InChI=1S/C33H29B2F2NO/c1-18-8-9-19-10-11-20(15-21(19)14-18)29-26(36)13-12-23-22-6-5-7-24(30(22)39-31(23)29)28-16-27(37)25(17-38-28)33(34,35)32(2,3)4/h5-17H,34-35H2,1-4H3. The topological polar surface area (TPSA) is 26.0 Å². The molecule has 6 heteroatoms. The van der Waals surface area contributed by atoms with Gasteiger partial charge >= 0.3 is 0 Å². The molecule has 2 aromatic heterocycles. The van der Waals surface area contributed by atoms with E-state index < -0.39 is 5.21 Å². The monoisotopic (exact) mass is 515 g/mol. The highest BCUT2D eigenvalue weighted by Gasteiger charge is 2.36. The second kappa shape index (κ2) is 8.81. The number of aryl methyl sites for hydroxylation is 1. The normalized spacial score (nSPS) is 12.6. The SMILES string of the molecule is BC(B)(c1cnc(-c2cccc3c2oc2c(-c4ccc5ccc(C)cc5c4)c(F)ccc23)cc1F)C(C)(C)C. The number of para-hydroxylation sites is 1. The Morgan fingerprint density at radius 3 is 2.26 bits per heavy atom. The molecule has 39 heavy (non-hydrogen) atoms. The minimum atomic E-state index is -0.418. The Balaban J connectivity index is 1.55. The second-order valence-electron chi connectivity index (χ2n) is 12.1. The average molecular weight is 515 g/mol. The maximum absolute atomic E-state index is 15.5. The van der Waals surface area contributed by atoms with E-state index in [1.165, 1.54) is 12.1 Å². The molecule has 0 saturated carbocycles. The highest BCUT2D eigenvalue weighted by molar-refractivity contribution is 6.40. The molecule has 0 atom stereocenters. The summed E-state index contributed by atoms with van der Waals surface area (Å²) in [6.07, 6.45) is 1.64. The van der Waals surface area contributed by atoms with Gasteiger partial charge in [-0.3, -0.25) is 4.98 Å². The van der Waals surface area contributed by atoms with E-state index in [1.807, 2.05) is 59.0 Å². The van der Waals surface area contributed by atoms with Crippen LogP contribution in [0.2, 0.25) is 0 Å². The first-order valence-electron chi connectivity index (χ1n) is 13.3. The predicted molar refractivity (Wildman–Crippen MR) is 163 cm³/mol. The van der Waals surface area contributed by atoms with Gasteiger partial charge in [-0.05, 0) is 58.5 Å². The highest BCUT2D eigenvalue weighted by Crippen LogP contribution is 2.42. The van der Waals surface area contributed by atoms with Crippen LogP contribution in [0.1, 0.15) is 31.9 Å². The average Bonchev–Trinajstić information content (AvgIpc) is 3.26. The number of pyridine rings is 1. The van der Waals surface area contributed by atoms with Gasteiger partial charge in [-0.25, -0.2) is 8.78 Å². The van der Waals surface area contributed by atoms with Gasteiger partial charge in [0.15, 0.2) is 0 Å². The van der Waals surface area contributed by atoms with E-state index in [2.05, 4.69) is 44.0 Å². The predicted octanol–water partition coefficient (Wildman–Crippen LogP) is 7.52. The quantitative estimate of drug-likeness (QED) is 0.228. The molecule has 0 amide bonds. The Labute approximate surface area is 228 Å². The van der Waals surface area contributed by atoms with Crippen LogP contribution in [0.3, 0.4) is 0 Å². The molecule has 0 aliphatic carbocycles. The Bertz CT molecular complexity index is 1920. The minimum absolute atomic E-state index is 0.155. The molecule has 0 unspecified atom stereocenters. The third kappa shape index (κ3) is 4.05. The van der Waals surface area contributed by atoms with Crippen LogP contribution in [0, 0.1) is 24.0 Å². The Hall–Kier alpha value is -3.92. The van der Waals surface area contributed by atoms with Crippen LogP contribution in [0.4, 0.5) is 8.78 Å². The van der Waals surface area contributed by atoms with Gasteiger partial charge in [0, 0.05) is 28.6 Å². The Kier molecular flexibility index (Phi) is 5.73. The van der Waals surface area contributed by atoms with E-state index in [9.17, 15) is 0 Å². The van der Waals surface area contributed by atoms with Gasteiger partial charge in [0.05, 0.1) is 11.3 Å². The minimum Gasteiger partial charge on any atom is -0.455 e. The van der Waals surface area contributed by atoms with Gasteiger partial charge in [0.25, 0.3) is 0 Å². The van der Waals surface area contributed by atoms with E-state index in [0.29, 0.717) is 33.6 Å². The summed E-state index contributed by atoms with van der Waals surface area (Å²) >= 11 is 0. The van der Waals surface area contributed by atoms with Crippen molar-refractivity contribution in [3.8, 4) is 22.4 Å². The lowest BCUT2D eigenvalue weighted by Gasteiger charge is -2.39. The van der Waals surface area contributed by atoms with Crippen LogP contribution in [-0.4, -0.2) is 20.7 Å². The molecule has 0 bridgehead atoms. The lowest BCUT2D eigenvalue weighted by atomic mass is 9.41. The molecule has 0 aliphatic heterocycles. The zero-order valence-corrected chi connectivity index (χ0v) is 23.1. The number of nitrogens with zero attached hydrogens (tertiary/aromatic N) is 1. The van der Waals surface area contributed by atoms with Crippen LogP contribution in [0.15, 0.2) is 83.4 Å². The third-order valence-electron chi connectivity index (χ3n) is 8.58. The molecule has 2 nitrogen and oxygen atoms in total. The molecule has 2 heterocycles. The number of hydrogen-bond donors (Lipinski definition) is 0. The number of furan rings is 1. The largest absolute Gasteiger partial charge is 0.455 e. The fraction of sp³-hybridized carbons (Fsp3) is 0.182. The lowest BCUT2D eigenvalue weighted by Crippen LogP contribution is -2.42. The van der Waals surface area contributed by atoms with E-state index in [0.717, 1.165) is 32.7 Å². The molecular formula is C33H29B2F2NO. The van der Waals surface area contributed by atoms with Crippen molar-refractivity contribution in [2.24, 2.45) is 5.41 Å². The van der Waals surface area contributed by atoms with Crippen molar-refractivity contribution in [2.75, 3.05) is 0 Å². The molecule has 0 fully saturated rings. The van der Waals surface area contributed by atoms with Gasteiger partial charge < -0.3 is 4.42 Å². The van der Waals surface area contributed by atoms with Crippen LogP contribution < -0.4 is 0 Å². The first-order chi connectivity index (χ1) is 18.5. The maximum atomic E-state index is 15.5. The Morgan fingerprint density at radius 1 is 0.769 bits per heavy atom. The molecule has 6 aromatic rings. The summed E-state index contributed by atoms with van der Waals surface area (Å²) in [5, 5.41) is 3.35. The van der Waals surface area contributed by atoms with Crippen LogP contribution in [0.5, 0.6) is 0 Å². The fourth-order valence-electron chi connectivity index (χ4n) is 5.27. The number of halogens is 2. The molecule has 0 saturated heterocycles. The molecule has 4 aromatic carbocycles. The van der Waals surface area contributed by atoms with Crippen molar-refractivity contribution in [2.45, 2.75) is 32.9 Å². The summed E-state index contributed by atoms with van der Waals surface area (Å²) in [6, 6.07) is 22.6. The van der Waals surface area contributed by atoms with Gasteiger partial charge in [-0.15, -0.1) is 0 Å². The fourth-order valence-corrected chi connectivity index (χ4v) is 5.27. The number of benzene rings is 4. The summed E-state index contributed by atoms with van der Waals surface area (Å²) in [5.41, 5.74) is 4.90. The van der Waals surface area contributed by atoms with E-state index in [-0.39, 0.29) is 17.0 Å². The van der Waals surface area contributed by atoms with E-state index >= 15 is 8.78 Å². The molecular weight excluding hydrogens is 486 g/mol. The van der Waals surface area contributed by atoms with Crippen molar-refractivity contribution in [3.63, 3.8) is 0 Å². The second-order valence-corrected chi connectivity index (χ2v) is 12.1. The maximum Gasteiger partial charge on any atom is 0.146 e. The first kappa shape index (κ1) is 25.4. The summed E-state index contributed by atoms with van der Waals surface area (Å²) in [5.74, 6) is -0.653. The molecule has 0 radical (unpaired) electrons. The lowest BCUT2D eigenvalue weighted by molar-refractivity contribution is 0.349.